The third-order valence-electron chi connectivity index (χ3n) is 5.68. The Hall–Kier alpha value is -2.04. The average molecular weight is 448 g/mol. The molecule has 1 unspecified atom stereocenters. The van der Waals surface area contributed by atoms with Crippen LogP contribution in [0.2, 0.25) is 5.02 Å². The molecule has 0 heterocycles. The maximum atomic E-state index is 13.6. The molecule has 0 N–H and O–H groups in total. The standard InChI is InChI=1S/C24H27Cl2NO3/c1-30-21-12-10-18(11-13-21)24(22(28)14-17-6-3-2-4-7-17)27(23(29)16-25)20-9-5-8-19(26)15-20/h5,8-13,15,17,24H,2-4,6-7,14,16H2,1H3. The van der Waals surface area contributed by atoms with Crippen molar-refractivity contribution < 1.29 is 14.3 Å². The van der Waals surface area contributed by atoms with Crippen molar-refractivity contribution in [3.63, 3.8) is 0 Å². The van der Waals surface area contributed by atoms with Gasteiger partial charge in [-0.2, -0.15) is 0 Å². The van der Waals surface area contributed by atoms with Gasteiger partial charge in [-0.15, -0.1) is 11.6 Å². The number of benzene rings is 2. The Balaban J connectivity index is 2.01. The molecule has 0 bridgehead atoms. The van der Waals surface area contributed by atoms with Crippen molar-refractivity contribution in [3.05, 3.63) is 59.1 Å². The number of ketones is 1. The van der Waals surface area contributed by atoms with Crippen LogP contribution in [0, 0.1) is 5.92 Å². The number of alkyl halides is 1. The molecule has 4 nitrogen and oxygen atoms in total. The number of anilines is 1. The monoisotopic (exact) mass is 447 g/mol. The van der Waals surface area contributed by atoms with Crippen LogP contribution >= 0.6 is 23.2 Å². The summed E-state index contributed by atoms with van der Waals surface area (Å²) in [7, 11) is 1.59. The van der Waals surface area contributed by atoms with Gasteiger partial charge in [0.25, 0.3) is 0 Å². The molecule has 1 aliphatic rings. The topological polar surface area (TPSA) is 46.6 Å². The van der Waals surface area contributed by atoms with Crippen LogP contribution in [-0.4, -0.2) is 24.7 Å². The molecular weight excluding hydrogens is 421 g/mol. The second-order valence-electron chi connectivity index (χ2n) is 7.73. The summed E-state index contributed by atoms with van der Waals surface area (Å²) in [6.07, 6.45) is 6.10. The van der Waals surface area contributed by atoms with E-state index in [1.165, 1.54) is 11.3 Å². The van der Waals surface area contributed by atoms with E-state index in [2.05, 4.69) is 0 Å². The Kier molecular flexibility index (Phi) is 8.17. The molecule has 1 amide bonds. The van der Waals surface area contributed by atoms with E-state index in [0.29, 0.717) is 28.8 Å². The highest BCUT2D eigenvalue weighted by Crippen LogP contribution is 2.35. The van der Waals surface area contributed by atoms with Crippen molar-refractivity contribution in [1.29, 1.82) is 0 Å². The number of carbonyl (C=O) groups excluding carboxylic acids is 2. The number of halogens is 2. The number of Topliss-reactive ketones (excluding diaryl/α,β-unsaturated/α-hetero) is 1. The zero-order valence-electron chi connectivity index (χ0n) is 17.2. The van der Waals surface area contributed by atoms with Gasteiger partial charge in [-0.1, -0.05) is 61.9 Å². The van der Waals surface area contributed by atoms with Crippen molar-refractivity contribution in [2.75, 3.05) is 17.9 Å². The van der Waals surface area contributed by atoms with Crippen molar-refractivity contribution in [1.82, 2.24) is 0 Å². The van der Waals surface area contributed by atoms with Crippen LogP contribution in [0.5, 0.6) is 5.75 Å². The molecule has 0 spiro atoms. The number of carbonyl (C=O) groups is 2. The molecule has 0 aromatic heterocycles. The predicted octanol–water partition coefficient (Wildman–Crippen LogP) is 6.20. The first-order valence-corrected chi connectivity index (χ1v) is 11.2. The lowest BCUT2D eigenvalue weighted by molar-refractivity contribution is -0.125. The molecule has 0 saturated heterocycles. The lowest BCUT2D eigenvalue weighted by Gasteiger charge is -2.32. The molecule has 2 aromatic carbocycles. The lowest BCUT2D eigenvalue weighted by Crippen LogP contribution is -2.40. The zero-order chi connectivity index (χ0) is 21.5. The zero-order valence-corrected chi connectivity index (χ0v) is 18.7. The normalized spacial score (nSPS) is 15.4. The van der Waals surface area contributed by atoms with Crippen LogP contribution in [0.25, 0.3) is 0 Å². The minimum absolute atomic E-state index is 0.0190. The van der Waals surface area contributed by atoms with E-state index in [9.17, 15) is 9.59 Å². The maximum absolute atomic E-state index is 13.6. The summed E-state index contributed by atoms with van der Waals surface area (Å²) in [6, 6.07) is 13.5. The summed E-state index contributed by atoms with van der Waals surface area (Å²) in [5, 5.41) is 0.494. The Morgan fingerprint density at radius 1 is 1.10 bits per heavy atom. The van der Waals surface area contributed by atoms with Crippen molar-refractivity contribution in [3.8, 4) is 5.75 Å². The maximum Gasteiger partial charge on any atom is 0.242 e. The molecule has 1 saturated carbocycles. The van der Waals surface area contributed by atoms with Gasteiger partial charge in [-0.05, 0) is 41.8 Å². The summed E-state index contributed by atoms with van der Waals surface area (Å²) in [5.74, 6) is 0.507. The Labute approximate surface area is 188 Å². The van der Waals surface area contributed by atoms with E-state index < -0.39 is 6.04 Å². The highest BCUT2D eigenvalue weighted by molar-refractivity contribution is 6.31. The smallest absolute Gasteiger partial charge is 0.242 e. The van der Waals surface area contributed by atoms with Crippen molar-refractivity contribution >= 4 is 40.6 Å². The van der Waals surface area contributed by atoms with Gasteiger partial charge in [-0.3, -0.25) is 14.5 Å². The molecule has 1 aliphatic carbocycles. The van der Waals surface area contributed by atoms with E-state index in [0.717, 1.165) is 31.2 Å². The second kappa shape index (κ2) is 10.8. The van der Waals surface area contributed by atoms with Gasteiger partial charge in [0, 0.05) is 17.1 Å². The van der Waals surface area contributed by atoms with E-state index >= 15 is 0 Å². The number of methoxy groups -OCH3 is 1. The van der Waals surface area contributed by atoms with Gasteiger partial charge in [0.1, 0.15) is 17.7 Å². The fourth-order valence-corrected chi connectivity index (χ4v) is 4.49. The summed E-state index contributed by atoms with van der Waals surface area (Å²) in [5.41, 5.74) is 1.29. The number of nitrogens with zero attached hydrogens (tertiary/aromatic N) is 1. The number of rotatable bonds is 8. The van der Waals surface area contributed by atoms with Crippen LogP contribution in [-0.2, 0) is 9.59 Å². The van der Waals surface area contributed by atoms with Crippen LogP contribution in [0.3, 0.4) is 0 Å². The van der Waals surface area contributed by atoms with Gasteiger partial charge in [0.2, 0.25) is 5.91 Å². The van der Waals surface area contributed by atoms with Crippen molar-refractivity contribution in [2.45, 2.75) is 44.6 Å². The lowest BCUT2D eigenvalue weighted by atomic mass is 9.83. The Morgan fingerprint density at radius 3 is 2.40 bits per heavy atom. The molecule has 2 aromatic rings. The highest BCUT2D eigenvalue weighted by atomic mass is 35.5. The third kappa shape index (κ3) is 5.55. The van der Waals surface area contributed by atoms with E-state index in [4.69, 9.17) is 27.9 Å². The minimum Gasteiger partial charge on any atom is -0.497 e. The minimum atomic E-state index is -0.762. The fourth-order valence-electron chi connectivity index (χ4n) is 4.18. The predicted molar refractivity (Wildman–Crippen MR) is 122 cm³/mol. The molecule has 0 aliphatic heterocycles. The summed E-state index contributed by atoms with van der Waals surface area (Å²) in [6.45, 7) is 0. The van der Waals surface area contributed by atoms with Crippen molar-refractivity contribution in [2.24, 2.45) is 5.92 Å². The highest BCUT2D eigenvalue weighted by Gasteiger charge is 2.33. The molecule has 0 radical (unpaired) electrons. The van der Waals surface area contributed by atoms with Gasteiger partial charge in [0.15, 0.2) is 5.78 Å². The van der Waals surface area contributed by atoms with Crippen LogP contribution in [0.15, 0.2) is 48.5 Å². The first kappa shape index (κ1) is 22.6. The summed E-state index contributed by atoms with van der Waals surface area (Å²) >= 11 is 12.1. The molecule has 1 fully saturated rings. The molecule has 6 heteroatoms. The number of ether oxygens (including phenoxy) is 1. The summed E-state index contributed by atoms with van der Waals surface area (Å²) in [4.78, 5) is 28.0. The van der Waals surface area contributed by atoms with E-state index in [1.807, 2.05) is 12.1 Å². The average Bonchev–Trinajstić information content (AvgIpc) is 2.77. The SMILES string of the molecule is COc1ccc(C(C(=O)CC2CCCCC2)N(C(=O)CCl)c2cccc(Cl)c2)cc1. The summed E-state index contributed by atoms with van der Waals surface area (Å²) < 4.78 is 5.26. The Bertz CT molecular complexity index is 863. The third-order valence-corrected chi connectivity index (χ3v) is 6.14. The first-order valence-electron chi connectivity index (χ1n) is 10.3. The molecular formula is C24H27Cl2NO3. The quantitative estimate of drug-likeness (QED) is 0.452. The Morgan fingerprint density at radius 2 is 1.80 bits per heavy atom. The van der Waals surface area contributed by atoms with E-state index in [-0.39, 0.29) is 17.6 Å². The second-order valence-corrected chi connectivity index (χ2v) is 8.43. The van der Waals surface area contributed by atoms with Gasteiger partial charge >= 0.3 is 0 Å². The van der Waals surface area contributed by atoms with Crippen LogP contribution in [0.4, 0.5) is 5.69 Å². The van der Waals surface area contributed by atoms with Gasteiger partial charge in [-0.25, -0.2) is 0 Å². The van der Waals surface area contributed by atoms with Crippen LogP contribution < -0.4 is 9.64 Å². The molecule has 30 heavy (non-hydrogen) atoms. The van der Waals surface area contributed by atoms with Crippen LogP contribution in [0.1, 0.15) is 50.1 Å². The number of hydrogen-bond acceptors (Lipinski definition) is 3. The largest absolute Gasteiger partial charge is 0.497 e. The number of amides is 1. The molecule has 1 atom stereocenters. The van der Waals surface area contributed by atoms with Gasteiger partial charge in [0.05, 0.1) is 7.11 Å². The van der Waals surface area contributed by atoms with E-state index in [1.54, 1.807) is 43.5 Å². The number of hydrogen-bond donors (Lipinski definition) is 0. The first-order chi connectivity index (χ1) is 14.5. The molecule has 160 valence electrons. The fraction of sp³-hybridized carbons (Fsp3) is 0.417. The molecule has 3 rings (SSSR count). The van der Waals surface area contributed by atoms with Gasteiger partial charge < -0.3 is 4.74 Å².